The number of nitrogens with two attached hydrogens (primary N) is 1. The van der Waals surface area contributed by atoms with Crippen molar-refractivity contribution in [1.29, 1.82) is 0 Å². The van der Waals surface area contributed by atoms with Crippen LogP contribution in [0.1, 0.15) is 16.5 Å². The molecule has 98 valence electrons. The van der Waals surface area contributed by atoms with Gasteiger partial charge in [0.15, 0.2) is 5.96 Å². The lowest BCUT2D eigenvalue weighted by Crippen LogP contribution is -2.35. The molecule has 1 aromatic heterocycles. The highest BCUT2D eigenvalue weighted by Crippen LogP contribution is 2.28. The quantitative estimate of drug-likeness (QED) is 0.936. The standard InChI is InChI=1S/C14H14FN3S/c15-11-4-1-3-10(7-11)13-8-17-14(16)18(13)9-12-5-2-6-19-12/h1-7,13H,8-9H2,(H2,16,17). The number of thiophene rings is 1. The molecule has 0 radical (unpaired) electrons. The molecule has 19 heavy (non-hydrogen) atoms. The van der Waals surface area contributed by atoms with Crippen LogP contribution in [0.2, 0.25) is 0 Å². The Morgan fingerprint density at radius 3 is 3.00 bits per heavy atom. The minimum Gasteiger partial charge on any atom is -0.370 e. The summed E-state index contributed by atoms with van der Waals surface area (Å²) in [7, 11) is 0. The Kier molecular flexibility index (Phi) is 3.21. The number of aliphatic imine (C=N–C) groups is 1. The van der Waals surface area contributed by atoms with Crippen molar-refractivity contribution in [3.63, 3.8) is 0 Å². The number of hydrogen-bond donors (Lipinski definition) is 1. The van der Waals surface area contributed by atoms with Gasteiger partial charge in [0.25, 0.3) is 0 Å². The summed E-state index contributed by atoms with van der Waals surface area (Å²) in [5, 5.41) is 2.04. The van der Waals surface area contributed by atoms with Crippen molar-refractivity contribution in [2.24, 2.45) is 10.7 Å². The fraction of sp³-hybridized carbons (Fsp3) is 0.214. The molecule has 0 fully saturated rings. The number of rotatable bonds is 3. The molecule has 1 atom stereocenters. The predicted molar refractivity (Wildman–Crippen MR) is 75.5 cm³/mol. The van der Waals surface area contributed by atoms with Crippen LogP contribution in [0.25, 0.3) is 0 Å². The lowest BCUT2D eigenvalue weighted by molar-refractivity contribution is 0.342. The van der Waals surface area contributed by atoms with Gasteiger partial charge >= 0.3 is 0 Å². The average molecular weight is 275 g/mol. The molecule has 0 saturated carbocycles. The first-order valence-electron chi connectivity index (χ1n) is 6.08. The van der Waals surface area contributed by atoms with Gasteiger partial charge in [-0.05, 0) is 29.1 Å². The second kappa shape index (κ2) is 5.01. The predicted octanol–water partition coefficient (Wildman–Crippen LogP) is 2.76. The minimum absolute atomic E-state index is 0.0257. The van der Waals surface area contributed by atoms with Crippen LogP contribution >= 0.6 is 11.3 Å². The minimum atomic E-state index is -0.223. The summed E-state index contributed by atoms with van der Waals surface area (Å²) in [4.78, 5) is 7.54. The Hall–Kier alpha value is -1.88. The summed E-state index contributed by atoms with van der Waals surface area (Å²) in [6, 6.07) is 10.8. The molecule has 0 bridgehead atoms. The van der Waals surface area contributed by atoms with E-state index in [4.69, 9.17) is 5.73 Å². The largest absolute Gasteiger partial charge is 0.370 e. The average Bonchev–Trinajstić information content (AvgIpc) is 3.01. The van der Waals surface area contributed by atoms with E-state index in [0.717, 1.165) is 5.56 Å². The van der Waals surface area contributed by atoms with Gasteiger partial charge in [-0.1, -0.05) is 18.2 Å². The van der Waals surface area contributed by atoms with Gasteiger partial charge in [0.05, 0.1) is 19.1 Å². The van der Waals surface area contributed by atoms with Crippen LogP contribution in [0.5, 0.6) is 0 Å². The van der Waals surface area contributed by atoms with Gasteiger partial charge < -0.3 is 10.6 Å². The van der Waals surface area contributed by atoms with Crippen LogP contribution in [0.4, 0.5) is 4.39 Å². The van der Waals surface area contributed by atoms with E-state index in [1.165, 1.54) is 10.9 Å². The number of benzene rings is 1. The Morgan fingerprint density at radius 2 is 2.26 bits per heavy atom. The molecule has 1 aliphatic rings. The molecule has 1 aromatic carbocycles. The first-order valence-corrected chi connectivity index (χ1v) is 6.96. The molecule has 3 nitrogen and oxygen atoms in total. The van der Waals surface area contributed by atoms with Crippen molar-refractivity contribution in [2.75, 3.05) is 6.54 Å². The maximum absolute atomic E-state index is 13.3. The van der Waals surface area contributed by atoms with E-state index in [1.807, 2.05) is 22.4 Å². The molecule has 2 N–H and O–H groups in total. The third kappa shape index (κ3) is 2.46. The summed E-state index contributed by atoms with van der Waals surface area (Å²) in [5.41, 5.74) is 6.87. The molecule has 2 heterocycles. The van der Waals surface area contributed by atoms with E-state index in [1.54, 1.807) is 23.5 Å². The van der Waals surface area contributed by atoms with E-state index < -0.39 is 0 Å². The van der Waals surface area contributed by atoms with Gasteiger partial charge in [-0.25, -0.2) is 4.39 Å². The van der Waals surface area contributed by atoms with Crippen molar-refractivity contribution in [3.05, 3.63) is 58.0 Å². The molecule has 0 amide bonds. The summed E-state index contributed by atoms with van der Waals surface area (Å²) in [5.74, 6) is 0.307. The van der Waals surface area contributed by atoms with Gasteiger partial charge in [-0.15, -0.1) is 11.3 Å². The molecule has 1 aliphatic heterocycles. The van der Waals surface area contributed by atoms with Crippen molar-refractivity contribution in [2.45, 2.75) is 12.6 Å². The summed E-state index contributed by atoms with van der Waals surface area (Å²) in [6.45, 7) is 1.30. The smallest absolute Gasteiger partial charge is 0.192 e. The molecule has 0 saturated heterocycles. The van der Waals surface area contributed by atoms with E-state index in [-0.39, 0.29) is 11.9 Å². The third-order valence-electron chi connectivity index (χ3n) is 3.24. The third-order valence-corrected chi connectivity index (χ3v) is 4.10. The van der Waals surface area contributed by atoms with E-state index in [0.29, 0.717) is 19.0 Å². The van der Waals surface area contributed by atoms with Crippen LogP contribution in [0, 0.1) is 5.82 Å². The highest BCUT2D eigenvalue weighted by atomic mass is 32.1. The fourth-order valence-electron chi connectivity index (χ4n) is 2.29. The lowest BCUT2D eigenvalue weighted by Gasteiger charge is -2.26. The molecule has 3 rings (SSSR count). The fourth-order valence-corrected chi connectivity index (χ4v) is 2.99. The molecular formula is C14H14FN3S. The number of hydrogen-bond acceptors (Lipinski definition) is 4. The van der Waals surface area contributed by atoms with E-state index in [9.17, 15) is 4.39 Å². The first-order chi connectivity index (χ1) is 9.24. The Bertz CT molecular complexity index is 594. The second-order valence-electron chi connectivity index (χ2n) is 4.48. The van der Waals surface area contributed by atoms with Crippen LogP contribution < -0.4 is 5.73 Å². The zero-order valence-corrected chi connectivity index (χ0v) is 11.1. The number of guanidine groups is 1. The Labute approximate surface area is 115 Å². The van der Waals surface area contributed by atoms with Crippen LogP contribution in [-0.2, 0) is 6.54 Å². The first kappa shape index (κ1) is 12.2. The summed E-state index contributed by atoms with van der Waals surface area (Å²) >= 11 is 1.69. The molecule has 5 heteroatoms. The lowest BCUT2D eigenvalue weighted by atomic mass is 10.1. The highest BCUT2D eigenvalue weighted by molar-refractivity contribution is 7.09. The molecular weight excluding hydrogens is 261 g/mol. The van der Waals surface area contributed by atoms with Crippen LogP contribution in [0.15, 0.2) is 46.8 Å². The van der Waals surface area contributed by atoms with Crippen LogP contribution in [0.3, 0.4) is 0 Å². The van der Waals surface area contributed by atoms with Crippen molar-refractivity contribution in [3.8, 4) is 0 Å². The van der Waals surface area contributed by atoms with Crippen molar-refractivity contribution in [1.82, 2.24) is 4.90 Å². The topological polar surface area (TPSA) is 41.6 Å². The molecule has 1 unspecified atom stereocenters. The van der Waals surface area contributed by atoms with Gasteiger partial charge in [-0.3, -0.25) is 4.99 Å². The van der Waals surface area contributed by atoms with Crippen molar-refractivity contribution < 1.29 is 4.39 Å². The molecule has 0 aliphatic carbocycles. The van der Waals surface area contributed by atoms with Gasteiger partial charge in [0.2, 0.25) is 0 Å². The van der Waals surface area contributed by atoms with E-state index >= 15 is 0 Å². The Morgan fingerprint density at radius 1 is 1.37 bits per heavy atom. The van der Waals surface area contributed by atoms with Gasteiger partial charge in [-0.2, -0.15) is 0 Å². The maximum atomic E-state index is 13.3. The van der Waals surface area contributed by atoms with Gasteiger partial charge in [0.1, 0.15) is 5.82 Å². The number of nitrogens with zero attached hydrogens (tertiary/aromatic N) is 2. The maximum Gasteiger partial charge on any atom is 0.192 e. The molecule has 0 spiro atoms. The second-order valence-corrected chi connectivity index (χ2v) is 5.51. The normalized spacial score (nSPS) is 18.7. The van der Waals surface area contributed by atoms with E-state index in [2.05, 4.69) is 11.1 Å². The zero-order valence-electron chi connectivity index (χ0n) is 10.3. The summed E-state index contributed by atoms with van der Waals surface area (Å²) < 4.78 is 13.3. The molecule has 2 aromatic rings. The SMILES string of the molecule is NC1=NCC(c2cccc(F)c2)N1Cc1cccs1. The van der Waals surface area contributed by atoms with Crippen molar-refractivity contribution >= 4 is 17.3 Å². The zero-order chi connectivity index (χ0) is 13.2. The number of halogens is 1. The van der Waals surface area contributed by atoms with Crippen LogP contribution in [-0.4, -0.2) is 17.4 Å². The summed E-state index contributed by atoms with van der Waals surface area (Å²) in [6.07, 6.45) is 0. The van der Waals surface area contributed by atoms with Gasteiger partial charge in [0, 0.05) is 4.88 Å². The highest BCUT2D eigenvalue weighted by Gasteiger charge is 2.27. The monoisotopic (exact) mass is 275 g/mol. The Balaban J connectivity index is 1.85.